The van der Waals surface area contributed by atoms with Crippen LogP contribution >= 0.6 is 0 Å². The number of hydrogen-bond acceptors (Lipinski definition) is 6. The Morgan fingerprint density at radius 2 is 1.68 bits per heavy atom. The van der Waals surface area contributed by atoms with E-state index in [1.807, 2.05) is 0 Å². The third-order valence-corrected chi connectivity index (χ3v) is 3.81. The van der Waals surface area contributed by atoms with Crippen LogP contribution in [0.1, 0.15) is 21.5 Å². The predicted molar refractivity (Wildman–Crippen MR) is 101 cm³/mol. The number of rotatable bonds is 6. The van der Waals surface area contributed by atoms with Gasteiger partial charge in [-0.2, -0.15) is 0 Å². The number of hydrogen-bond donors (Lipinski definition) is 3. The standard InChI is InChI=1S/C18H18N4O6/c1-10-7-14(15(22(26)27)8-11(10)2)21-16(23)9-28-17(24)12-3-5-13(6-4-12)20-18(19)25/h3-8H,9H2,1-2H3,(H,21,23)(H3,19,20,25). The molecule has 146 valence electrons. The van der Waals surface area contributed by atoms with Gasteiger partial charge in [0.25, 0.3) is 11.6 Å². The van der Waals surface area contributed by atoms with E-state index in [-0.39, 0.29) is 16.9 Å². The number of benzene rings is 2. The van der Waals surface area contributed by atoms with Crippen molar-refractivity contribution in [3.63, 3.8) is 0 Å². The molecule has 0 saturated heterocycles. The van der Waals surface area contributed by atoms with Crippen molar-refractivity contribution in [2.45, 2.75) is 13.8 Å². The Balaban J connectivity index is 1.99. The van der Waals surface area contributed by atoms with Crippen molar-refractivity contribution >= 4 is 35.0 Å². The zero-order chi connectivity index (χ0) is 20.8. The predicted octanol–water partition coefficient (Wildman–Crippen LogP) is 2.50. The zero-order valence-corrected chi connectivity index (χ0v) is 15.1. The monoisotopic (exact) mass is 386 g/mol. The molecule has 4 N–H and O–H groups in total. The van der Waals surface area contributed by atoms with Gasteiger partial charge in [0.2, 0.25) is 0 Å². The van der Waals surface area contributed by atoms with Crippen LogP contribution in [0.2, 0.25) is 0 Å². The molecule has 2 rings (SSSR count). The lowest BCUT2D eigenvalue weighted by Crippen LogP contribution is -2.21. The van der Waals surface area contributed by atoms with E-state index in [4.69, 9.17) is 10.5 Å². The Kier molecular flexibility index (Phi) is 6.27. The number of nitro groups is 1. The van der Waals surface area contributed by atoms with Gasteiger partial charge < -0.3 is 21.1 Å². The molecule has 0 aliphatic rings. The van der Waals surface area contributed by atoms with Gasteiger partial charge in [-0.3, -0.25) is 14.9 Å². The van der Waals surface area contributed by atoms with Gasteiger partial charge in [-0.25, -0.2) is 9.59 Å². The minimum Gasteiger partial charge on any atom is -0.452 e. The fourth-order valence-electron chi connectivity index (χ4n) is 2.28. The lowest BCUT2D eigenvalue weighted by atomic mass is 10.1. The molecule has 2 aromatic carbocycles. The molecule has 10 nitrogen and oxygen atoms in total. The largest absolute Gasteiger partial charge is 0.452 e. The summed E-state index contributed by atoms with van der Waals surface area (Å²) in [5, 5.41) is 15.9. The second-order valence-electron chi connectivity index (χ2n) is 5.90. The number of amides is 3. The van der Waals surface area contributed by atoms with Gasteiger partial charge in [0, 0.05) is 11.8 Å². The van der Waals surface area contributed by atoms with E-state index >= 15 is 0 Å². The average Bonchev–Trinajstić information content (AvgIpc) is 2.62. The van der Waals surface area contributed by atoms with Gasteiger partial charge in [0.15, 0.2) is 6.61 Å². The van der Waals surface area contributed by atoms with Gasteiger partial charge >= 0.3 is 12.0 Å². The molecule has 0 bridgehead atoms. The van der Waals surface area contributed by atoms with Crippen LogP contribution in [0, 0.1) is 24.0 Å². The summed E-state index contributed by atoms with van der Waals surface area (Å²) in [6.45, 7) is 2.86. The quantitative estimate of drug-likeness (QED) is 0.394. The fourth-order valence-corrected chi connectivity index (χ4v) is 2.28. The lowest BCUT2D eigenvalue weighted by Gasteiger charge is -2.09. The maximum absolute atomic E-state index is 12.0. The van der Waals surface area contributed by atoms with Crippen molar-refractivity contribution in [2.75, 3.05) is 17.2 Å². The van der Waals surface area contributed by atoms with Crippen molar-refractivity contribution in [1.29, 1.82) is 0 Å². The number of carbonyl (C=O) groups excluding carboxylic acids is 3. The molecule has 0 saturated carbocycles. The van der Waals surface area contributed by atoms with E-state index in [0.717, 1.165) is 5.56 Å². The Hall–Kier alpha value is -3.95. The topological polar surface area (TPSA) is 154 Å². The van der Waals surface area contributed by atoms with E-state index in [1.165, 1.54) is 36.4 Å². The van der Waals surface area contributed by atoms with Gasteiger partial charge in [0.05, 0.1) is 10.5 Å². The van der Waals surface area contributed by atoms with Crippen molar-refractivity contribution in [1.82, 2.24) is 0 Å². The lowest BCUT2D eigenvalue weighted by molar-refractivity contribution is -0.384. The second kappa shape index (κ2) is 8.62. The van der Waals surface area contributed by atoms with Gasteiger partial charge in [0.1, 0.15) is 5.69 Å². The highest BCUT2D eigenvalue weighted by atomic mass is 16.6. The first-order valence-corrected chi connectivity index (χ1v) is 8.06. The molecule has 0 radical (unpaired) electrons. The number of ether oxygens (including phenoxy) is 1. The summed E-state index contributed by atoms with van der Waals surface area (Å²) in [6, 6.07) is 7.77. The summed E-state index contributed by atoms with van der Waals surface area (Å²) in [4.78, 5) is 45.3. The first-order chi connectivity index (χ1) is 13.2. The number of anilines is 2. The Morgan fingerprint density at radius 1 is 1.07 bits per heavy atom. The molecule has 3 amide bonds. The van der Waals surface area contributed by atoms with E-state index in [0.29, 0.717) is 11.3 Å². The maximum atomic E-state index is 12.0. The molecular formula is C18H18N4O6. The summed E-state index contributed by atoms with van der Waals surface area (Å²) in [5.74, 6) is -1.48. The number of aryl methyl sites for hydroxylation is 2. The SMILES string of the molecule is Cc1cc(NC(=O)COC(=O)c2ccc(NC(N)=O)cc2)c([N+](=O)[O-])cc1C. The molecule has 0 heterocycles. The van der Waals surface area contributed by atoms with Crippen LogP contribution in [0.25, 0.3) is 0 Å². The molecule has 0 atom stereocenters. The van der Waals surface area contributed by atoms with Crippen LogP contribution in [0.15, 0.2) is 36.4 Å². The van der Waals surface area contributed by atoms with Crippen LogP contribution in [-0.2, 0) is 9.53 Å². The van der Waals surface area contributed by atoms with Crippen molar-refractivity contribution in [2.24, 2.45) is 5.73 Å². The third kappa shape index (κ3) is 5.27. The van der Waals surface area contributed by atoms with E-state index in [1.54, 1.807) is 13.8 Å². The molecule has 0 aromatic heterocycles. The molecular weight excluding hydrogens is 368 g/mol. The highest BCUT2D eigenvalue weighted by molar-refractivity contribution is 5.97. The average molecular weight is 386 g/mol. The van der Waals surface area contributed by atoms with Gasteiger partial charge in [-0.15, -0.1) is 0 Å². The molecule has 28 heavy (non-hydrogen) atoms. The zero-order valence-electron chi connectivity index (χ0n) is 15.1. The Morgan fingerprint density at radius 3 is 2.25 bits per heavy atom. The number of carbonyl (C=O) groups is 3. The molecule has 0 fully saturated rings. The third-order valence-electron chi connectivity index (χ3n) is 3.81. The van der Waals surface area contributed by atoms with Crippen molar-refractivity contribution in [3.8, 4) is 0 Å². The first kappa shape index (κ1) is 20.4. The second-order valence-corrected chi connectivity index (χ2v) is 5.90. The molecule has 0 unspecified atom stereocenters. The molecule has 0 aliphatic heterocycles. The maximum Gasteiger partial charge on any atom is 0.338 e. The van der Waals surface area contributed by atoms with Crippen molar-refractivity contribution < 1.29 is 24.0 Å². The Labute approximate surface area is 159 Å². The molecule has 0 aliphatic carbocycles. The molecule has 10 heteroatoms. The normalized spacial score (nSPS) is 10.1. The number of nitrogens with two attached hydrogens (primary N) is 1. The summed E-state index contributed by atoms with van der Waals surface area (Å²) < 4.78 is 4.90. The van der Waals surface area contributed by atoms with E-state index < -0.39 is 29.4 Å². The van der Waals surface area contributed by atoms with Gasteiger partial charge in [-0.1, -0.05) is 0 Å². The number of nitrogens with one attached hydrogen (secondary N) is 2. The van der Waals surface area contributed by atoms with Crippen molar-refractivity contribution in [3.05, 3.63) is 63.2 Å². The smallest absolute Gasteiger partial charge is 0.338 e. The van der Waals surface area contributed by atoms with Crippen LogP contribution in [0.5, 0.6) is 0 Å². The van der Waals surface area contributed by atoms with Gasteiger partial charge in [-0.05, 0) is 55.3 Å². The van der Waals surface area contributed by atoms with Crippen LogP contribution in [0.4, 0.5) is 21.9 Å². The highest BCUT2D eigenvalue weighted by Crippen LogP contribution is 2.27. The number of esters is 1. The fraction of sp³-hybridized carbons (Fsp3) is 0.167. The summed E-state index contributed by atoms with van der Waals surface area (Å²) in [5.41, 5.74) is 6.78. The summed E-state index contributed by atoms with van der Waals surface area (Å²) >= 11 is 0. The summed E-state index contributed by atoms with van der Waals surface area (Å²) in [7, 11) is 0. The Bertz CT molecular complexity index is 940. The molecule has 0 spiro atoms. The summed E-state index contributed by atoms with van der Waals surface area (Å²) in [6.07, 6.45) is 0. The number of primary amides is 1. The first-order valence-electron chi connectivity index (χ1n) is 8.06. The van der Waals surface area contributed by atoms with E-state index in [9.17, 15) is 24.5 Å². The van der Waals surface area contributed by atoms with Crippen LogP contribution < -0.4 is 16.4 Å². The number of urea groups is 1. The number of nitrogens with zero attached hydrogens (tertiary/aromatic N) is 1. The van der Waals surface area contributed by atoms with E-state index in [2.05, 4.69) is 10.6 Å². The minimum atomic E-state index is -0.768. The van der Waals surface area contributed by atoms with Crippen LogP contribution in [0.3, 0.4) is 0 Å². The molecule has 2 aromatic rings. The van der Waals surface area contributed by atoms with Crippen LogP contribution in [-0.4, -0.2) is 29.4 Å². The highest BCUT2D eigenvalue weighted by Gasteiger charge is 2.18. The number of nitro benzene ring substituents is 1. The minimum absolute atomic E-state index is 0.0241.